The zero-order valence-electron chi connectivity index (χ0n) is 10.2. The molecule has 0 radical (unpaired) electrons. The van der Waals surface area contributed by atoms with Gasteiger partial charge in [0.25, 0.3) is 0 Å². The molecule has 2 rings (SSSR count). The lowest BCUT2D eigenvalue weighted by Gasteiger charge is -2.01. The summed E-state index contributed by atoms with van der Waals surface area (Å²) in [5.41, 5.74) is 2.91. The molecule has 90 valence electrons. The van der Waals surface area contributed by atoms with Crippen molar-refractivity contribution in [1.82, 2.24) is 0 Å². The quantitative estimate of drug-likeness (QED) is 0.613. The molecule has 0 aliphatic rings. The molecule has 0 aliphatic heterocycles. The number of hydrogen-bond donors (Lipinski definition) is 0. The van der Waals surface area contributed by atoms with E-state index in [2.05, 4.69) is 11.8 Å². The van der Waals surface area contributed by atoms with Gasteiger partial charge in [-0.25, -0.2) is 8.78 Å². The third-order valence-corrected chi connectivity index (χ3v) is 2.69. The molecule has 0 nitrogen and oxygen atoms in total. The van der Waals surface area contributed by atoms with Crippen LogP contribution in [0.15, 0.2) is 36.4 Å². The minimum Gasteiger partial charge on any atom is -0.207 e. The van der Waals surface area contributed by atoms with E-state index in [0.717, 1.165) is 5.56 Å². The lowest BCUT2D eigenvalue weighted by Crippen LogP contribution is -1.89. The van der Waals surface area contributed by atoms with Crippen molar-refractivity contribution >= 4 is 0 Å². The van der Waals surface area contributed by atoms with Gasteiger partial charge in [0, 0.05) is 11.1 Å². The van der Waals surface area contributed by atoms with Gasteiger partial charge in [-0.3, -0.25) is 0 Å². The van der Waals surface area contributed by atoms with Crippen molar-refractivity contribution in [2.75, 3.05) is 0 Å². The fraction of sp³-hybridized carbons (Fsp3) is 0.125. The number of benzene rings is 2. The molecular formula is C16H12F2. The van der Waals surface area contributed by atoms with Crippen molar-refractivity contribution in [2.24, 2.45) is 0 Å². The van der Waals surface area contributed by atoms with Crippen molar-refractivity contribution in [3.05, 3.63) is 70.3 Å². The predicted octanol–water partition coefficient (Wildman–Crippen LogP) is 3.98. The van der Waals surface area contributed by atoms with Crippen molar-refractivity contribution in [2.45, 2.75) is 13.8 Å². The molecule has 2 aromatic rings. The van der Waals surface area contributed by atoms with Gasteiger partial charge in [0.1, 0.15) is 11.6 Å². The van der Waals surface area contributed by atoms with Gasteiger partial charge < -0.3 is 0 Å². The van der Waals surface area contributed by atoms with E-state index in [0.29, 0.717) is 16.7 Å². The van der Waals surface area contributed by atoms with Crippen LogP contribution in [-0.4, -0.2) is 0 Å². The van der Waals surface area contributed by atoms with Gasteiger partial charge in [-0.1, -0.05) is 17.9 Å². The van der Waals surface area contributed by atoms with Crippen LogP contribution in [0.25, 0.3) is 0 Å². The molecule has 0 heterocycles. The maximum atomic E-state index is 13.4. The third-order valence-electron chi connectivity index (χ3n) is 2.69. The highest BCUT2D eigenvalue weighted by molar-refractivity contribution is 5.47. The normalized spacial score (nSPS) is 9.78. The predicted molar refractivity (Wildman–Crippen MR) is 68.3 cm³/mol. The van der Waals surface area contributed by atoms with E-state index in [1.807, 2.05) is 6.92 Å². The maximum Gasteiger partial charge on any atom is 0.127 e. The first kappa shape index (κ1) is 12.3. The molecule has 2 heteroatoms. The van der Waals surface area contributed by atoms with E-state index in [1.54, 1.807) is 25.1 Å². The van der Waals surface area contributed by atoms with E-state index < -0.39 is 0 Å². The molecule has 0 N–H and O–H groups in total. The van der Waals surface area contributed by atoms with E-state index >= 15 is 0 Å². The van der Waals surface area contributed by atoms with Crippen LogP contribution >= 0.6 is 0 Å². The first-order valence-electron chi connectivity index (χ1n) is 5.60. The highest BCUT2D eigenvalue weighted by Gasteiger charge is 2.01. The van der Waals surface area contributed by atoms with Crippen LogP contribution in [0.5, 0.6) is 0 Å². The number of hydrogen-bond acceptors (Lipinski definition) is 0. The lowest BCUT2D eigenvalue weighted by molar-refractivity contribution is 0.617. The Hall–Kier alpha value is -2.14. The average Bonchev–Trinajstić information content (AvgIpc) is 2.34. The Morgan fingerprint density at radius 3 is 2.17 bits per heavy atom. The summed E-state index contributed by atoms with van der Waals surface area (Å²) in [6, 6.07) is 9.11. The summed E-state index contributed by atoms with van der Waals surface area (Å²) in [4.78, 5) is 0. The summed E-state index contributed by atoms with van der Waals surface area (Å²) in [5, 5.41) is 0. The summed E-state index contributed by atoms with van der Waals surface area (Å²) in [6.45, 7) is 3.61. The SMILES string of the molecule is Cc1cc(C)c(C#Cc2ccc(F)cc2)cc1F. The first-order chi connectivity index (χ1) is 8.56. The molecule has 0 spiro atoms. The van der Waals surface area contributed by atoms with Crippen molar-refractivity contribution in [3.63, 3.8) is 0 Å². The Bertz CT molecular complexity index is 629. The molecule has 0 aromatic heterocycles. The molecule has 18 heavy (non-hydrogen) atoms. The molecular weight excluding hydrogens is 230 g/mol. The summed E-state index contributed by atoms with van der Waals surface area (Å²) in [5.74, 6) is 5.24. The number of halogens is 2. The van der Waals surface area contributed by atoms with Crippen molar-refractivity contribution in [1.29, 1.82) is 0 Å². The first-order valence-corrected chi connectivity index (χ1v) is 5.60. The van der Waals surface area contributed by atoms with Crippen LogP contribution in [-0.2, 0) is 0 Å². The highest BCUT2D eigenvalue weighted by atomic mass is 19.1. The van der Waals surface area contributed by atoms with E-state index in [4.69, 9.17) is 0 Å². The van der Waals surface area contributed by atoms with Crippen molar-refractivity contribution < 1.29 is 8.78 Å². The van der Waals surface area contributed by atoms with Gasteiger partial charge in [0.2, 0.25) is 0 Å². The molecule has 0 saturated heterocycles. The van der Waals surface area contributed by atoms with Crippen LogP contribution in [0.2, 0.25) is 0 Å². The van der Waals surface area contributed by atoms with Gasteiger partial charge in [-0.2, -0.15) is 0 Å². The summed E-state index contributed by atoms with van der Waals surface area (Å²) in [6.07, 6.45) is 0. The van der Waals surface area contributed by atoms with Gasteiger partial charge in [-0.05, 0) is 55.3 Å². The second kappa shape index (κ2) is 5.01. The molecule has 2 aromatic carbocycles. The Balaban J connectivity index is 2.35. The largest absolute Gasteiger partial charge is 0.207 e. The average molecular weight is 242 g/mol. The highest BCUT2D eigenvalue weighted by Crippen LogP contribution is 2.13. The topological polar surface area (TPSA) is 0 Å². The van der Waals surface area contributed by atoms with Gasteiger partial charge in [-0.15, -0.1) is 0 Å². The monoisotopic (exact) mass is 242 g/mol. The summed E-state index contributed by atoms with van der Waals surface area (Å²) < 4.78 is 26.1. The van der Waals surface area contributed by atoms with Gasteiger partial charge in [0.05, 0.1) is 0 Å². The van der Waals surface area contributed by atoms with E-state index in [9.17, 15) is 8.78 Å². The zero-order chi connectivity index (χ0) is 13.1. The molecule has 0 fully saturated rings. The smallest absolute Gasteiger partial charge is 0.127 e. The molecule has 0 saturated carbocycles. The van der Waals surface area contributed by atoms with Crippen LogP contribution in [0.3, 0.4) is 0 Å². The zero-order valence-corrected chi connectivity index (χ0v) is 10.2. The number of aryl methyl sites for hydroxylation is 2. The van der Waals surface area contributed by atoms with E-state index in [1.165, 1.54) is 18.2 Å². The minimum atomic E-state index is -0.293. The standard InChI is InChI=1S/C16H12F2/c1-11-9-12(2)16(18)10-14(11)6-3-13-4-7-15(17)8-5-13/h4-5,7-10H,1-2H3. The Kier molecular flexibility index (Phi) is 3.43. The molecule has 0 unspecified atom stereocenters. The van der Waals surface area contributed by atoms with E-state index in [-0.39, 0.29) is 11.6 Å². The van der Waals surface area contributed by atoms with Gasteiger partial charge >= 0.3 is 0 Å². The Morgan fingerprint density at radius 2 is 1.50 bits per heavy atom. The lowest BCUT2D eigenvalue weighted by atomic mass is 10.1. The van der Waals surface area contributed by atoms with Crippen LogP contribution < -0.4 is 0 Å². The Morgan fingerprint density at radius 1 is 0.833 bits per heavy atom. The third kappa shape index (κ3) is 2.75. The van der Waals surface area contributed by atoms with Crippen LogP contribution in [0, 0.1) is 37.3 Å². The molecule has 0 aliphatic carbocycles. The van der Waals surface area contributed by atoms with Crippen molar-refractivity contribution in [3.8, 4) is 11.8 Å². The second-order valence-electron chi connectivity index (χ2n) is 4.17. The summed E-state index contributed by atoms with van der Waals surface area (Å²) >= 11 is 0. The molecule has 0 bridgehead atoms. The second-order valence-corrected chi connectivity index (χ2v) is 4.17. The fourth-order valence-corrected chi connectivity index (χ4v) is 1.63. The number of rotatable bonds is 0. The van der Waals surface area contributed by atoms with Crippen LogP contribution in [0.1, 0.15) is 22.3 Å². The van der Waals surface area contributed by atoms with Gasteiger partial charge in [0.15, 0.2) is 0 Å². The summed E-state index contributed by atoms with van der Waals surface area (Å²) in [7, 11) is 0. The molecule has 0 atom stereocenters. The minimum absolute atomic E-state index is 0.260. The van der Waals surface area contributed by atoms with Crippen LogP contribution in [0.4, 0.5) is 8.78 Å². The molecule has 0 amide bonds. The fourth-order valence-electron chi connectivity index (χ4n) is 1.63. The maximum absolute atomic E-state index is 13.4. The Labute approximate surface area is 105 Å².